The molecule has 2 N–H and O–H groups in total. The predicted molar refractivity (Wildman–Crippen MR) is 126 cm³/mol. The third-order valence-electron chi connectivity index (χ3n) is 5.50. The standard InChI is InChI=1S/C26H27N3O3/c1-2-32-24-13-11-23(12-14-24)28-26(31)20-7-9-22(10-8-20)27-17-25(30)29-16-15-19-5-3-4-6-21(19)18-29/h3-14,27H,2,15-18H2,1H3,(H,28,31). The zero-order valence-electron chi connectivity index (χ0n) is 18.1. The molecule has 1 heterocycles. The van der Waals surface area contributed by atoms with Crippen molar-refractivity contribution in [3.05, 3.63) is 89.5 Å². The topological polar surface area (TPSA) is 70.7 Å². The van der Waals surface area contributed by atoms with Crippen molar-refractivity contribution in [1.82, 2.24) is 4.90 Å². The van der Waals surface area contributed by atoms with Gasteiger partial charge in [0.25, 0.3) is 5.91 Å². The summed E-state index contributed by atoms with van der Waals surface area (Å²) in [5, 5.41) is 6.04. The molecule has 2 amide bonds. The van der Waals surface area contributed by atoms with E-state index in [0.717, 1.165) is 24.4 Å². The van der Waals surface area contributed by atoms with Crippen LogP contribution in [0.25, 0.3) is 0 Å². The summed E-state index contributed by atoms with van der Waals surface area (Å²) in [7, 11) is 0. The van der Waals surface area contributed by atoms with Crippen LogP contribution in [-0.2, 0) is 17.8 Å². The number of anilines is 2. The van der Waals surface area contributed by atoms with Crippen LogP contribution in [0.1, 0.15) is 28.4 Å². The van der Waals surface area contributed by atoms with Crippen molar-refractivity contribution in [2.75, 3.05) is 30.3 Å². The lowest BCUT2D eigenvalue weighted by atomic mass is 10.00. The van der Waals surface area contributed by atoms with Crippen molar-refractivity contribution in [3.8, 4) is 5.75 Å². The molecule has 0 unspecified atom stereocenters. The van der Waals surface area contributed by atoms with E-state index >= 15 is 0 Å². The monoisotopic (exact) mass is 429 g/mol. The van der Waals surface area contributed by atoms with E-state index in [0.29, 0.717) is 24.4 Å². The number of ether oxygens (including phenoxy) is 1. The Morgan fingerprint density at radius 1 is 0.906 bits per heavy atom. The number of nitrogens with one attached hydrogen (secondary N) is 2. The van der Waals surface area contributed by atoms with Gasteiger partial charge in [0, 0.05) is 30.0 Å². The maximum absolute atomic E-state index is 12.6. The Labute approximate surface area is 188 Å². The van der Waals surface area contributed by atoms with Crippen LogP contribution in [0.2, 0.25) is 0 Å². The summed E-state index contributed by atoms with van der Waals surface area (Å²) in [5.74, 6) is 0.643. The lowest BCUT2D eigenvalue weighted by Gasteiger charge is -2.29. The van der Waals surface area contributed by atoms with E-state index < -0.39 is 0 Å². The second-order valence-corrected chi connectivity index (χ2v) is 7.68. The molecular weight excluding hydrogens is 402 g/mol. The molecule has 32 heavy (non-hydrogen) atoms. The molecule has 6 heteroatoms. The minimum atomic E-state index is -0.191. The summed E-state index contributed by atoms with van der Waals surface area (Å²) in [6.45, 7) is 4.14. The van der Waals surface area contributed by atoms with Crippen molar-refractivity contribution < 1.29 is 14.3 Å². The molecule has 1 aliphatic heterocycles. The molecule has 0 radical (unpaired) electrons. The normalized spacial score (nSPS) is 12.6. The second kappa shape index (κ2) is 10.0. The van der Waals surface area contributed by atoms with Crippen molar-refractivity contribution in [3.63, 3.8) is 0 Å². The number of amides is 2. The van der Waals surface area contributed by atoms with Crippen LogP contribution in [-0.4, -0.2) is 36.4 Å². The molecule has 0 saturated carbocycles. The van der Waals surface area contributed by atoms with Gasteiger partial charge in [-0.3, -0.25) is 9.59 Å². The highest BCUT2D eigenvalue weighted by atomic mass is 16.5. The van der Waals surface area contributed by atoms with Gasteiger partial charge in [-0.25, -0.2) is 0 Å². The number of hydrogen-bond acceptors (Lipinski definition) is 4. The summed E-state index contributed by atoms with van der Waals surface area (Å²) in [4.78, 5) is 27.0. The maximum atomic E-state index is 12.6. The van der Waals surface area contributed by atoms with Gasteiger partial charge in [0.2, 0.25) is 5.91 Å². The highest BCUT2D eigenvalue weighted by Crippen LogP contribution is 2.19. The zero-order valence-corrected chi connectivity index (χ0v) is 18.1. The third-order valence-corrected chi connectivity index (χ3v) is 5.50. The fourth-order valence-corrected chi connectivity index (χ4v) is 3.74. The van der Waals surface area contributed by atoms with Crippen LogP contribution in [0, 0.1) is 0 Å². The number of carbonyl (C=O) groups is 2. The van der Waals surface area contributed by atoms with Gasteiger partial charge in [0.1, 0.15) is 5.75 Å². The van der Waals surface area contributed by atoms with E-state index in [9.17, 15) is 9.59 Å². The molecule has 0 aromatic heterocycles. The molecule has 0 saturated heterocycles. The molecule has 1 aliphatic rings. The number of fused-ring (bicyclic) bond motifs is 1. The minimum absolute atomic E-state index is 0.0665. The Hall–Kier alpha value is -3.80. The molecular formula is C26H27N3O3. The molecule has 0 bridgehead atoms. The Balaban J connectivity index is 1.28. The van der Waals surface area contributed by atoms with Crippen LogP contribution in [0.4, 0.5) is 11.4 Å². The number of rotatable bonds is 7. The predicted octanol–water partition coefficient (Wildman–Crippen LogP) is 4.33. The van der Waals surface area contributed by atoms with Gasteiger partial charge in [-0.2, -0.15) is 0 Å². The van der Waals surface area contributed by atoms with E-state index in [-0.39, 0.29) is 18.4 Å². The van der Waals surface area contributed by atoms with Gasteiger partial charge >= 0.3 is 0 Å². The summed E-state index contributed by atoms with van der Waals surface area (Å²) in [6, 6.07) is 22.6. The fraction of sp³-hybridized carbons (Fsp3) is 0.231. The Bertz CT molecular complexity index is 1080. The number of benzene rings is 3. The first-order valence-corrected chi connectivity index (χ1v) is 10.8. The van der Waals surface area contributed by atoms with Crippen LogP contribution in [0.3, 0.4) is 0 Å². The SMILES string of the molecule is CCOc1ccc(NC(=O)c2ccc(NCC(=O)N3CCc4ccccc4C3)cc2)cc1. The molecule has 3 aromatic rings. The molecule has 0 spiro atoms. The van der Waals surface area contributed by atoms with Crippen molar-refractivity contribution in [2.45, 2.75) is 19.9 Å². The lowest BCUT2D eigenvalue weighted by molar-refractivity contribution is -0.130. The van der Waals surface area contributed by atoms with Crippen LogP contribution >= 0.6 is 0 Å². The minimum Gasteiger partial charge on any atom is -0.494 e. The molecule has 6 nitrogen and oxygen atoms in total. The third kappa shape index (κ3) is 5.27. The van der Waals surface area contributed by atoms with Crippen molar-refractivity contribution in [1.29, 1.82) is 0 Å². The molecule has 3 aromatic carbocycles. The van der Waals surface area contributed by atoms with Gasteiger partial charge in [-0.1, -0.05) is 24.3 Å². The van der Waals surface area contributed by atoms with Crippen molar-refractivity contribution in [2.24, 2.45) is 0 Å². The quantitative estimate of drug-likeness (QED) is 0.586. The van der Waals surface area contributed by atoms with Gasteiger partial charge < -0.3 is 20.3 Å². The van der Waals surface area contributed by atoms with Gasteiger partial charge in [-0.05, 0) is 73.0 Å². The largest absolute Gasteiger partial charge is 0.494 e. The first-order valence-electron chi connectivity index (χ1n) is 10.8. The number of nitrogens with zero attached hydrogens (tertiary/aromatic N) is 1. The molecule has 164 valence electrons. The van der Waals surface area contributed by atoms with E-state index in [2.05, 4.69) is 22.8 Å². The Kier molecular flexibility index (Phi) is 6.70. The van der Waals surface area contributed by atoms with E-state index in [1.54, 1.807) is 12.1 Å². The smallest absolute Gasteiger partial charge is 0.255 e. The van der Waals surface area contributed by atoms with Crippen LogP contribution in [0.15, 0.2) is 72.8 Å². The average Bonchev–Trinajstić information content (AvgIpc) is 2.84. The highest BCUT2D eigenvalue weighted by molar-refractivity contribution is 6.04. The van der Waals surface area contributed by atoms with E-state index in [1.165, 1.54) is 11.1 Å². The Morgan fingerprint density at radius 3 is 2.31 bits per heavy atom. The fourth-order valence-electron chi connectivity index (χ4n) is 3.74. The molecule has 0 atom stereocenters. The van der Waals surface area contributed by atoms with E-state index in [1.807, 2.05) is 60.4 Å². The Morgan fingerprint density at radius 2 is 1.59 bits per heavy atom. The summed E-state index contributed by atoms with van der Waals surface area (Å²) in [6.07, 6.45) is 0.889. The number of hydrogen-bond donors (Lipinski definition) is 2. The average molecular weight is 430 g/mol. The number of carbonyl (C=O) groups excluding carboxylic acids is 2. The first kappa shape index (κ1) is 21.4. The van der Waals surface area contributed by atoms with Gasteiger partial charge in [0.15, 0.2) is 0 Å². The second-order valence-electron chi connectivity index (χ2n) is 7.68. The first-order chi connectivity index (χ1) is 15.6. The highest BCUT2D eigenvalue weighted by Gasteiger charge is 2.20. The van der Waals surface area contributed by atoms with Crippen LogP contribution < -0.4 is 15.4 Å². The van der Waals surface area contributed by atoms with E-state index in [4.69, 9.17) is 4.74 Å². The van der Waals surface area contributed by atoms with Gasteiger partial charge in [-0.15, -0.1) is 0 Å². The molecule has 0 aliphatic carbocycles. The van der Waals surface area contributed by atoms with Gasteiger partial charge in [0.05, 0.1) is 13.2 Å². The summed E-state index contributed by atoms with van der Waals surface area (Å²) < 4.78 is 5.41. The van der Waals surface area contributed by atoms with Crippen LogP contribution in [0.5, 0.6) is 5.75 Å². The lowest BCUT2D eigenvalue weighted by Crippen LogP contribution is -2.39. The summed E-state index contributed by atoms with van der Waals surface area (Å²) >= 11 is 0. The maximum Gasteiger partial charge on any atom is 0.255 e. The molecule has 0 fully saturated rings. The zero-order chi connectivity index (χ0) is 22.3. The van der Waals surface area contributed by atoms with Crippen molar-refractivity contribution >= 4 is 23.2 Å². The molecule has 4 rings (SSSR count). The summed E-state index contributed by atoms with van der Waals surface area (Å²) in [5.41, 5.74) is 4.59.